The van der Waals surface area contributed by atoms with Gasteiger partial charge in [0.05, 0.1) is 0 Å². The van der Waals surface area contributed by atoms with Gasteiger partial charge in [-0.15, -0.1) is 0 Å². The van der Waals surface area contributed by atoms with E-state index in [0.29, 0.717) is 19.3 Å². The summed E-state index contributed by atoms with van der Waals surface area (Å²) < 4.78 is 16.9. The monoisotopic (exact) mass is 947 g/mol. The first kappa shape index (κ1) is 65.4. The van der Waals surface area contributed by atoms with Crippen molar-refractivity contribution in [3.8, 4) is 0 Å². The first-order valence-corrected chi connectivity index (χ1v) is 30.1. The molecule has 0 rings (SSSR count). The second kappa shape index (κ2) is 52.2. The third kappa shape index (κ3) is 55.2. The number of hydrogen-bond acceptors (Lipinski definition) is 6. The minimum absolute atomic E-state index is 0.0631. The molecule has 0 aliphatic rings. The summed E-state index contributed by atoms with van der Waals surface area (Å²) in [5.74, 6) is 1.68. The van der Waals surface area contributed by atoms with Crippen molar-refractivity contribution in [2.75, 3.05) is 13.2 Å². The first-order chi connectivity index (χ1) is 32.6. The Hall–Kier alpha value is -1.59. The minimum atomic E-state index is -0.764. The van der Waals surface area contributed by atoms with Crippen molar-refractivity contribution in [1.29, 1.82) is 0 Å². The molecule has 0 spiro atoms. The van der Waals surface area contributed by atoms with Gasteiger partial charge in [0.1, 0.15) is 13.2 Å². The molecule has 0 aromatic rings. The SMILES string of the molecule is CC(C)CCCCCCCCCCCCCCCCC(=O)OC[C@@H](COC(=O)CCCCCCCCCCCCCCC(C)C)OC(=O)CCCCCCCCCCCCCCCCC(C)C. The second-order valence-corrected chi connectivity index (χ2v) is 22.4. The van der Waals surface area contributed by atoms with Crippen LogP contribution in [0.3, 0.4) is 0 Å². The van der Waals surface area contributed by atoms with Gasteiger partial charge in [-0.3, -0.25) is 14.4 Å². The molecule has 0 N–H and O–H groups in total. The molecule has 0 aromatic carbocycles. The van der Waals surface area contributed by atoms with Gasteiger partial charge in [-0.05, 0) is 37.0 Å². The van der Waals surface area contributed by atoms with Crippen LogP contribution >= 0.6 is 0 Å². The Kier molecular flexibility index (Phi) is 51.0. The summed E-state index contributed by atoms with van der Waals surface area (Å²) in [4.78, 5) is 38.2. The number of carbonyl (C=O) groups excluding carboxylic acids is 3. The Bertz CT molecular complexity index is 1040. The molecule has 0 amide bonds. The lowest BCUT2D eigenvalue weighted by atomic mass is 10.0. The number of hydrogen-bond donors (Lipinski definition) is 0. The predicted octanol–water partition coefficient (Wildman–Crippen LogP) is 19.9. The van der Waals surface area contributed by atoms with E-state index in [2.05, 4.69) is 41.5 Å². The highest BCUT2D eigenvalue weighted by atomic mass is 16.6. The number of carbonyl (C=O) groups is 3. The molecule has 1 atom stereocenters. The molecule has 0 bridgehead atoms. The largest absolute Gasteiger partial charge is 0.462 e. The maximum absolute atomic E-state index is 12.9. The van der Waals surface area contributed by atoms with Crippen molar-refractivity contribution >= 4 is 17.9 Å². The summed E-state index contributed by atoms with van der Waals surface area (Å²) in [5.41, 5.74) is 0. The molecule has 6 heteroatoms. The number of rotatable bonds is 54. The fourth-order valence-electron chi connectivity index (χ4n) is 9.35. The van der Waals surface area contributed by atoms with Gasteiger partial charge >= 0.3 is 17.9 Å². The lowest BCUT2D eigenvalue weighted by molar-refractivity contribution is -0.167. The van der Waals surface area contributed by atoms with Crippen LogP contribution in [0.2, 0.25) is 0 Å². The van der Waals surface area contributed by atoms with Crippen molar-refractivity contribution in [3.63, 3.8) is 0 Å². The van der Waals surface area contributed by atoms with Crippen molar-refractivity contribution in [2.24, 2.45) is 17.8 Å². The molecule has 67 heavy (non-hydrogen) atoms. The van der Waals surface area contributed by atoms with Crippen molar-refractivity contribution in [3.05, 3.63) is 0 Å². The van der Waals surface area contributed by atoms with Gasteiger partial charge < -0.3 is 14.2 Å². The van der Waals surface area contributed by atoms with Gasteiger partial charge in [0.2, 0.25) is 0 Å². The first-order valence-electron chi connectivity index (χ1n) is 30.1. The highest BCUT2D eigenvalue weighted by Gasteiger charge is 2.19. The number of unbranched alkanes of at least 4 members (excludes halogenated alkanes) is 37. The zero-order valence-corrected chi connectivity index (χ0v) is 46.2. The van der Waals surface area contributed by atoms with E-state index in [1.807, 2.05) is 0 Å². The number of ether oxygens (including phenoxy) is 3. The average molecular weight is 948 g/mol. The van der Waals surface area contributed by atoms with Crippen LogP contribution in [0.15, 0.2) is 0 Å². The highest BCUT2D eigenvalue weighted by molar-refractivity contribution is 5.71. The lowest BCUT2D eigenvalue weighted by Crippen LogP contribution is -2.30. The molecule has 0 aromatic heterocycles. The van der Waals surface area contributed by atoms with Crippen LogP contribution in [-0.4, -0.2) is 37.2 Å². The van der Waals surface area contributed by atoms with Crippen LogP contribution in [0.4, 0.5) is 0 Å². The Balaban J connectivity index is 4.30. The summed E-state index contributed by atoms with van der Waals surface area (Å²) in [6.07, 6.45) is 55.2. The molecular formula is C61H118O6. The summed E-state index contributed by atoms with van der Waals surface area (Å²) in [5, 5.41) is 0. The third-order valence-electron chi connectivity index (χ3n) is 13.9. The van der Waals surface area contributed by atoms with Gasteiger partial charge in [-0.1, -0.05) is 298 Å². The van der Waals surface area contributed by atoms with Crippen LogP contribution < -0.4 is 0 Å². The topological polar surface area (TPSA) is 78.9 Å². The van der Waals surface area contributed by atoms with Crippen LogP contribution in [0, 0.1) is 17.8 Å². The zero-order valence-electron chi connectivity index (χ0n) is 46.2. The normalized spacial score (nSPS) is 12.1. The average Bonchev–Trinajstić information content (AvgIpc) is 3.29. The highest BCUT2D eigenvalue weighted by Crippen LogP contribution is 2.19. The predicted molar refractivity (Wildman–Crippen MR) is 289 cm³/mol. The quantitative estimate of drug-likeness (QED) is 0.0343. The Morgan fingerprint density at radius 2 is 0.433 bits per heavy atom. The van der Waals surface area contributed by atoms with E-state index in [0.717, 1.165) is 75.5 Å². The summed E-state index contributed by atoms with van der Waals surface area (Å²) in [6.45, 7) is 13.8. The van der Waals surface area contributed by atoms with Crippen molar-refractivity contribution < 1.29 is 28.6 Å². The maximum atomic E-state index is 12.9. The molecule has 0 aliphatic heterocycles. The molecule has 0 saturated carbocycles. The van der Waals surface area contributed by atoms with Crippen LogP contribution in [0.5, 0.6) is 0 Å². The third-order valence-corrected chi connectivity index (χ3v) is 13.9. The second-order valence-electron chi connectivity index (χ2n) is 22.4. The summed E-state index contributed by atoms with van der Waals surface area (Å²) in [6, 6.07) is 0. The van der Waals surface area contributed by atoms with Crippen LogP contribution in [0.1, 0.15) is 337 Å². The summed E-state index contributed by atoms with van der Waals surface area (Å²) in [7, 11) is 0. The molecule has 398 valence electrons. The van der Waals surface area contributed by atoms with E-state index >= 15 is 0 Å². The Morgan fingerprint density at radius 1 is 0.254 bits per heavy atom. The fourth-order valence-corrected chi connectivity index (χ4v) is 9.35. The maximum Gasteiger partial charge on any atom is 0.306 e. The Morgan fingerprint density at radius 3 is 0.642 bits per heavy atom. The van der Waals surface area contributed by atoms with Gasteiger partial charge in [0.25, 0.3) is 0 Å². The molecular weight excluding hydrogens is 829 g/mol. The summed E-state index contributed by atoms with van der Waals surface area (Å²) >= 11 is 0. The molecule has 0 aliphatic carbocycles. The van der Waals surface area contributed by atoms with E-state index in [-0.39, 0.29) is 31.1 Å². The fraction of sp³-hybridized carbons (Fsp3) is 0.951. The van der Waals surface area contributed by atoms with E-state index < -0.39 is 6.10 Å². The van der Waals surface area contributed by atoms with E-state index in [1.54, 1.807) is 0 Å². The van der Waals surface area contributed by atoms with E-state index in [4.69, 9.17) is 14.2 Å². The Labute approximate surface area is 418 Å². The van der Waals surface area contributed by atoms with E-state index in [1.165, 1.54) is 218 Å². The van der Waals surface area contributed by atoms with E-state index in [9.17, 15) is 14.4 Å². The van der Waals surface area contributed by atoms with Gasteiger partial charge in [-0.2, -0.15) is 0 Å². The van der Waals surface area contributed by atoms with Crippen LogP contribution in [-0.2, 0) is 28.6 Å². The molecule has 6 nitrogen and oxygen atoms in total. The van der Waals surface area contributed by atoms with Crippen molar-refractivity contribution in [2.45, 2.75) is 343 Å². The van der Waals surface area contributed by atoms with Crippen LogP contribution in [0.25, 0.3) is 0 Å². The molecule has 0 radical (unpaired) electrons. The van der Waals surface area contributed by atoms with Gasteiger partial charge in [0, 0.05) is 19.3 Å². The lowest BCUT2D eigenvalue weighted by Gasteiger charge is -2.18. The molecule has 0 unspecified atom stereocenters. The van der Waals surface area contributed by atoms with Crippen molar-refractivity contribution in [1.82, 2.24) is 0 Å². The molecule has 0 saturated heterocycles. The standard InChI is InChI=1S/C61H118O6/c1-55(2)47-41-35-29-23-17-11-7-9-13-20-26-32-38-44-50-59(62)65-53-58(54-66-60(63)51-45-39-33-27-21-16-15-19-25-31-37-43-49-57(5)6)67-61(64)52-46-40-34-28-22-14-10-8-12-18-24-30-36-42-48-56(3)4/h55-58H,7-54H2,1-6H3/t58-/m0/s1. The zero-order chi connectivity index (χ0) is 49.1. The van der Waals surface area contributed by atoms with Gasteiger partial charge in [0.15, 0.2) is 6.10 Å². The molecule has 0 heterocycles. The van der Waals surface area contributed by atoms with Gasteiger partial charge in [-0.25, -0.2) is 0 Å². The number of esters is 3. The smallest absolute Gasteiger partial charge is 0.306 e. The molecule has 0 fully saturated rings. The minimum Gasteiger partial charge on any atom is -0.462 e.